The van der Waals surface area contributed by atoms with Crippen molar-refractivity contribution in [1.29, 1.82) is 0 Å². The molecule has 1 fully saturated rings. The summed E-state index contributed by atoms with van der Waals surface area (Å²) in [5, 5.41) is 2.33. The fourth-order valence-corrected chi connectivity index (χ4v) is 2.98. The smallest absolute Gasteiger partial charge is 0.322 e. The summed E-state index contributed by atoms with van der Waals surface area (Å²) in [6.45, 7) is 6.16. The maximum absolute atomic E-state index is 13.7. The van der Waals surface area contributed by atoms with Gasteiger partial charge in [0.1, 0.15) is 23.1 Å². The van der Waals surface area contributed by atoms with Gasteiger partial charge in [-0.2, -0.15) is 0 Å². The van der Waals surface area contributed by atoms with E-state index in [9.17, 15) is 13.6 Å². The molecule has 7 heteroatoms. The van der Waals surface area contributed by atoms with Gasteiger partial charge in [0.15, 0.2) is 0 Å². The normalized spacial score (nSPS) is 14.4. The highest BCUT2D eigenvalue weighted by molar-refractivity contribution is 5.89. The van der Waals surface area contributed by atoms with Crippen LogP contribution in [0, 0.1) is 11.6 Å². The first kappa shape index (κ1) is 18.9. The number of rotatable bonds is 4. The number of piperazine rings is 1. The first-order valence-electron chi connectivity index (χ1n) is 8.95. The molecule has 0 spiro atoms. The molecule has 0 aromatic heterocycles. The number of anilines is 2. The fourth-order valence-electron chi connectivity index (χ4n) is 2.98. The summed E-state index contributed by atoms with van der Waals surface area (Å²) in [5.41, 5.74) is 0.636. The Balaban J connectivity index is 1.56. The van der Waals surface area contributed by atoms with E-state index in [1.807, 2.05) is 38.1 Å². The fraction of sp³-hybridized carbons (Fsp3) is 0.350. The third-order valence-corrected chi connectivity index (χ3v) is 4.34. The van der Waals surface area contributed by atoms with Crippen LogP contribution in [0.15, 0.2) is 42.5 Å². The summed E-state index contributed by atoms with van der Waals surface area (Å²) < 4.78 is 33.0. The van der Waals surface area contributed by atoms with Crippen molar-refractivity contribution in [2.45, 2.75) is 20.0 Å². The molecule has 2 amide bonds. The van der Waals surface area contributed by atoms with Crippen LogP contribution in [0.4, 0.5) is 25.0 Å². The van der Waals surface area contributed by atoms with E-state index in [0.717, 1.165) is 23.6 Å². The predicted molar refractivity (Wildman–Crippen MR) is 101 cm³/mol. The molecule has 0 radical (unpaired) electrons. The third kappa shape index (κ3) is 4.67. The minimum Gasteiger partial charge on any atom is -0.491 e. The van der Waals surface area contributed by atoms with Gasteiger partial charge in [0.2, 0.25) is 0 Å². The molecule has 1 aliphatic rings. The second kappa shape index (κ2) is 8.24. The zero-order chi connectivity index (χ0) is 19.4. The van der Waals surface area contributed by atoms with Crippen molar-refractivity contribution in [2.24, 2.45) is 0 Å². The van der Waals surface area contributed by atoms with Crippen molar-refractivity contribution in [3.8, 4) is 5.75 Å². The molecule has 1 aliphatic heterocycles. The Morgan fingerprint density at radius 3 is 2.15 bits per heavy atom. The number of para-hydroxylation sites is 1. The Kier molecular flexibility index (Phi) is 5.78. The predicted octanol–water partition coefficient (Wildman–Crippen LogP) is 4.11. The van der Waals surface area contributed by atoms with Crippen molar-refractivity contribution >= 4 is 17.4 Å². The van der Waals surface area contributed by atoms with Crippen LogP contribution in [0.25, 0.3) is 0 Å². The number of amides is 2. The summed E-state index contributed by atoms with van der Waals surface area (Å²) in [6.07, 6.45) is 0.122. The summed E-state index contributed by atoms with van der Waals surface area (Å²) in [7, 11) is 0. The molecule has 2 aromatic carbocycles. The lowest BCUT2D eigenvalue weighted by Crippen LogP contribution is -2.50. The minimum absolute atomic E-state index is 0.122. The summed E-state index contributed by atoms with van der Waals surface area (Å²) in [4.78, 5) is 16.0. The number of nitrogens with zero attached hydrogens (tertiary/aromatic N) is 2. The number of carbonyl (C=O) groups is 1. The number of carbonyl (C=O) groups excluding carboxylic acids is 1. The molecule has 27 heavy (non-hydrogen) atoms. The van der Waals surface area contributed by atoms with Crippen molar-refractivity contribution in [3.05, 3.63) is 54.1 Å². The summed E-state index contributed by atoms with van der Waals surface area (Å²) in [5.74, 6) is -0.755. The Morgan fingerprint density at radius 1 is 1.00 bits per heavy atom. The zero-order valence-corrected chi connectivity index (χ0v) is 15.4. The molecule has 5 nitrogen and oxygen atoms in total. The van der Waals surface area contributed by atoms with E-state index >= 15 is 0 Å². The van der Waals surface area contributed by atoms with E-state index in [4.69, 9.17) is 4.74 Å². The first-order chi connectivity index (χ1) is 12.9. The van der Waals surface area contributed by atoms with Crippen LogP contribution >= 0.6 is 0 Å². The second-order valence-electron chi connectivity index (χ2n) is 6.66. The molecule has 2 aromatic rings. The quantitative estimate of drug-likeness (QED) is 0.875. The van der Waals surface area contributed by atoms with Crippen LogP contribution in [-0.4, -0.2) is 43.2 Å². The number of halogens is 2. The van der Waals surface area contributed by atoms with Gasteiger partial charge < -0.3 is 19.9 Å². The van der Waals surface area contributed by atoms with Crippen LogP contribution in [0.1, 0.15) is 13.8 Å². The van der Waals surface area contributed by atoms with E-state index in [1.165, 1.54) is 6.07 Å². The molecule has 0 atom stereocenters. The second-order valence-corrected chi connectivity index (χ2v) is 6.66. The van der Waals surface area contributed by atoms with Gasteiger partial charge in [-0.3, -0.25) is 0 Å². The molecule has 1 N–H and O–H groups in total. The largest absolute Gasteiger partial charge is 0.491 e. The Morgan fingerprint density at radius 2 is 1.59 bits per heavy atom. The van der Waals surface area contributed by atoms with Gasteiger partial charge in [-0.1, -0.05) is 6.07 Å². The molecule has 144 valence electrons. The maximum atomic E-state index is 13.7. The Hall–Kier alpha value is -2.83. The van der Waals surface area contributed by atoms with E-state index < -0.39 is 23.4 Å². The highest BCUT2D eigenvalue weighted by Crippen LogP contribution is 2.22. The van der Waals surface area contributed by atoms with Crippen LogP contribution in [0.2, 0.25) is 0 Å². The van der Waals surface area contributed by atoms with E-state index in [2.05, 4.69) is 10.2 Å². The number of nitrogens with one attached hydrogen (secondary N) is 1. The van der Waals surface area contributed by atoms with Crippen LogP contribution < -0.4 is 15.0 Å². The molecule has 0 saturated carbocycles. The molecule has 0 bridgehead atoms. The van der Waals surface area contributed by atoms with Gasteiger partial charge in [-0.25, -0.2) is 13.6 Å². The van der Waals surface area contributed by atoms with Gasteiger partial charge in [-0.05, 0) is 50.2 Å². The highest BCUT2D eigenvalue weighted by atomic mass is 19.1. The number of benzene rings is 2. The topological polar surface area (TPSA) is 44.8 Å². The summed E-state index contributed by atoms with van der Waals surface area (Å²) in [6, 6.07) is 10.8. The molecular weight excluding hydrogens is 352 g/mol. The van der Waals surface area contributed by atoms with Gasteiger partial charge in [0, 0.05) is 31.9 Å². The maximum Gasteiger partial charge on any atom is 0.322 e. The molecule has 0 aliphatic carbocycles. The van der Waals surface area contributed by atoms with Crippen molar-refractivity contribution in [3.63, 3.8) is 0 Å². The SMILES string of the molecule is CC(C)Oc1ccc(N2CCN(C(=O)Nc3c(F)cccc3F)CC2)cc1. The lowest BCUT2D eigenvalue weighted by molar-refractivity contribution is 0.208. The lowest BCUT2D eigenvalue weighted by Gasteiger charge is -2.36. The van der Waals surface area contributed by atoms with E-state index in [1.54, 1.807) is 4.90 Å². The average Bonchev–Trinajstić information content (AvgIpc) is 2.65. The lowest BCUT2D eigenvalue weighted by atomic mass is 10.2. The number of ether oxygens (including phenoxy) is 1. The Bertz CT molecular complexity index is 768. The molecule has 1 saturated heterocycles. The van der Waals surface area contributed by atoms with Crippen LogP contribution in [0.5, 0.6) is 5.75 Å². The highest BCUT2D eigenvalue weighted by Gasteiger charge is 2.23. The Labute approximate surface area is 157 Å². The number of urea groups is 1. The van der Waals surface area contributed by atoms with Crippen molar-refractivity contribution in [2.75, 3.05) is 36.4 Å². The van der Waals surface area contributed by atoms with Crippen molar-refractivity contribution < 1.29 is 18.3 Å². The van der Waals surface area contributed by atoms with E-state index in [-0.39, 0.29) is 6.10 Å². The van der Waals surface area contributed by atoms with Gasteiger partial charge in [0.25, 0.3) is 0 Å². The standard InChI is InChI=1S/C20H23F2N3O2/c1-14(2)27-16-8-6-15(7-9-16)24-10-12-25(13-11-24)20(26)23-19-17(21)4-3-5-18(19)22/h3-9,14H,10-13H2,1-2H3,(H,23,26). The van der Waals surface area contributed by atoms with Crippen LogP contribution in [-0.2, 0) is 0 Å². The van der Waals surface area contributed by atoms with Crippen molar-refractivity contribution in [1.82, 2.24) is 4.90 Å². The monoisotopic (exact) mass is 375 g/mol. The zero-order valence-electron chi connectivity index (χ0n) is 15.4. The van der Waals surface area contributed by atoms with Gasteiger partial charge in [0.05, 0.1) is 6.10 Å². The van der Waals surface area contributed by atoms with Gasteiger partial charge in [-0.15, -0.1) is 0 Å². The number of hydrogen-bond acceptors (Lipinski definition) is 3. The molecule has 3 rings (SSSR count). The molecular formula is C20H23F2N3O2. The first-order valence-corrected chi connectivity index (χ1v) is 8.95. The molecule has 1 heterocycles. The van der Waals surface area contributed by atoms with Gasteiger partial charge >= 0.3 is 6.03 Å². The van der Waals surface area contributed by atoms with Crippen LogP contribution in [0.3, 0.4) is 0 Å². The average molecular weight is 375 g/mol. The summed E-state index contributed by atoms with van der Waals surface area (Å²) >= 11 is 0. The number of hydrogen-bond donors (Lipinski definition) is 1. The third-order valence-electron chi connectivity index (χ3n) is 4.34. The van der Waals surface area contributed by atoms with E-state index in [0.29, 0.717) is 26.2 Å². The minimum atomic E-state index is -0.786. The molecule has 0 unspecified atom stereocenters.